The van der Waals surface area contributed by atoms with Crippen molar-refractivity contribution >= 4 is 0 Å². The largest absolute Gasteiger partial charge is 0.463 e. The molecule has 3 aromatic rings. The molecule has 0 bridgehead atoms. The molecule has 0 N–H and O–H groups in total. The van der Waals surface area contributed by atoms with E-state index < -0.39 is 0 Å². The second-order valence-electron chi connectivity index (χ2n) is 5.12. The average molecular weight is 280 g/mol. The summed E-state index contributed by atoms with van der Waals surface area (Å²) in [5, 5.41) is 4.39. The second kappa shape index (κ2) is 5.40. The summed E-state index contributed by atoms with van der Waals surface area (Å²) in [5.41, 5.74) is 3.96. The second-order valence-corrected chi connectivity index (χ2v) is 5.12. The molecule has 0 amide bonds. The van der Waals surface area contributed by atoms with Crippen LogP contribution in [0.3, 0.4) is 0 Å². The number of hydrogen-bond acceptors (Lipinski definition) is 3. The molecule has 0 radical (unpaired) electrons. The molecule has 0 unspecified atom stereocenters. The quantitative estimate of drug-likeness (QED) is 0.740. The Morgan fingerprint density at radius 1 is 1.14 bits per heavy atom. The van der Waals surface area contributed by atoms with Gasteiger partial charge in [0.05, 0.1) is 12.8 Å². The number of rotatable bonds is 3. The van der Waals surface area contributed by atoms with E-state index in [0.29, 0.717) is 18.0 Å². The molecule has 0 atom stereocenters. The maximum atomic E-state index is 12.0. The molecule has 2 aromatic heterocycles. The van der Waals surface area contributed by atoms with Gasteiger partial charge < -0.3 is 4.42 Å². The average Bonchev–Trinajstić information content (AvgIpc) is 2.99. The van der Waals surface area contributed by atoms with Gasteiger partial charge >= 0.3 is 0 Å². The predicted molar refractivity (Wildman–Crippen MR) is 81.2 cm³/mol. The van der Waals surface area contributed by atoms with E-state index in [1.165, 1.54) is 16.3 Å². The van der Waals surface area contributed by atoms with Gasteiger partial charge in [0.15, 0.2) is 5.76 Å². The van der Waals surface area contributed by atoms with Crippen LogP contribution >= 0.6 is 0 Å². The van der Waals surface area contributed by atoms with Crippen molar-refractivity contribution in [2.75, 3.05) is 0 Å². The van der Waals surface area contributed by atoms with E-state index in [0.717, 1.165) is 11.1 Å². The van der Waals surface area contributed by atoms with Crippen LogP contribution in [0.5, 0.6) is 0 Å². The zero-order valence-corrected chi connectivity index (χ0v) is 12.0. The third-order valence-electron chi connectivity index (χ3n) is 3.46. The predicted octanol–water partition coefficient (Wildman–Crippen LogP) is 3.17. The van der Waals surface area contributed by atoms with E-state index >= 15 is 0 Å². The maximum Gasteiger partial charge on any atom is 0.267 e. The van der Waals surface area contributed by atoms with Crippen LogP contribution in [0.1, 0.15) is 16.7 Å². The Balaban J connectivity index is 2.00. The Kier molecular flexibility index (Phi) is 3.44. The Morgan fingerprint density at radius 2 is 2.00 bits per heavy atom. The van der Waals surface area contributed by atoms with Crippen LogP contribution in [-0.4, -0.2) is 9.78 Å². The first kappa shape index (κ1) is 13.4. The normalized spacial score (nSPS) is 10.8. The van der Waals surface area contributed by atoms with Gasteiger partial charge in [-0.15, -0.1) is 0 Å². The minimum Gasteiger partial charge on any atom is -0.463 e. The maximum absolute atomic E-state index is 12.0. The molecule has 106 valence electrons. The Bertz CT molecular complexity index is 817. The molecule has 2 heterocycles. The zero-order valence-electron chi connectivity index (χ0n) is 12.0. The summed E-state index contributed by atoms with van der Waals surface area (Å²) < 4.78 is 6.80. The molecule has 0 aliphatic carbocycles. The summed E-state index contributed by atoms with van der Waals surface area (Å²) in [6.07, 6.45) is 1.59. The molecule has 0 spiro atoms. The van der Waals surface area contributed by atoms with Crippen molar-refractivity contribution in [2.45, 2.75) is 20.4 Å². The number of hydrogen-bond donors (Lipinski definition) is 0. The Hall–Kier alpha value is -2.62. The van der Waals surface area contributed by atoms with Crippen molar-refractivity contribution in [3.63, 3.8) is 0 Å². The number of nitrogens with zero attached hydrogens (tertiary/aromatic N) is 2. The zero-order chi connectivity index (χ0) is 14.8. The summed E-state index contributed by atoms with van der Waals surface area (Å²) >= 11 is 0. The lowest BCUT2D eigenvalue weighted by Gasteiger charge is -2.09. The molecule has 0 aliphatic heterocycles. The number of furan rings is 1. The fraction of sp³-hybridized carbons (Fsp3) is 0.176. The summed E-state index contributed by atoms with van der Waals surface area (Å²) in [4.78, 5) is 12.0. The van der Waals surface area contributed by atoms with Crippen LogP contribution in [0.2, 0.25) is 0 Å². The highest BCUT2D eigenvalue weighted by atomic mass is 16.3. The minimum atomic E-state index is -0.119. The standard InChI is InChI=1S/C17H16N2O2/c1-12-5-6-13(2)14(10-12)11-19-17(20)8-7-15(18-19)16-4-3-9-21-16/h3-10H,11H2,1-2H3. The smallest absolute Gasteiger partial charge is 0.267 e. The van der Waals surface area contributed by atoms with E-state index in [9.17, 15) is 4.79 Å². The number of aromatic nitrogens is 2. The highest BCUT2D eigenvalue weighted by Crippen LogP contribution is 2.16. The number of benzene rings is 1. The van der Waals surface area contributed by atoms with Gasteiger partial charge in [-0.05, 0) is 43.2 Å². The molecule has 0 fully saturated rings. The summed E-state index contributed by atoms with van der Waals surface area (Å²) in [6, 6.07) is 13.0. The molecule has 4 heteroatoms. The van der Waals surface area contributed by atoms with Crippen molar-refractivity contribution in [3.8, 4) is 11.5 Å². The van der Waals surface area contributed by atoms with Crippen molar-refractivity contribution in [2.24, 2.45) is 0 Å². The van der Waals surface area contributed by atoms with Crippen LogP contribution in [0.15, 0.2) is 57.9 Å². The summed E-state index contributed by atoms with van der Waals surface area (Å²) in [7, 11) is 0. The highest BCUT2D eigenvalue weighted by Gasteiger charge is 2.07. The van der Waals surface area contributed by atoms with Crippen LogP contribution in [0, 0.1) is 13.8 Å². The van der Waals surface area contributed by atoms with Crippen molar-refractivity contribution < 1.29 is 4.42 Å². The summed E-state index contributed by atoms with van der Waals surface area (Å²) in [5.74, 6) is 0.657. The molecule has 0 saturated heterocycles. The minimum absolute atomic E-state index is 0.119. The van der Waals surface area contributed by atoms with Gasteiger partial charge in [0, 0.05) is 6.07 Å². The van der Waals surface area contributed by atoms with Crippen LogP contribution < -0.4 is 5.56 Å². The van der Waals surface area contributed by atoms with Crippen LogP contribution in [-0.2, 0) is 6.54 Å². The van der Waals surface area contributed by atoms with Gasteiger partial charge in [-0.1, -0.05) is 23.8 Å². The van der Waals surface area contributed by atoms with Gasteiger partial charge in [-0.3, -0.25) is 4.79 Å². The van der Waals surface area contributed by atoms with Crippen molar-refractivity contribution in [1.29, 1.82) is 0 Å². The third kappa shape index (κ3) is 2.79. The fourth-order valence-corrected chi connectivity index (χ4v) is 2.25. The lowest BCUT2D eigenvalue weighted by molar-refractivity contribution is 0.569. The molecular weight excluding hydrogens is 264 g/mol. The molecule has 21 heavy (non-hydrogen) atoms. The highest BCUT2D eigenvalue weighted by molar-refractivity contribution is 5.50. The van der Waals surface area contributed by atoms with Gasteiger partial charge in [-0.25, -0.2) is 4.68 Å². The first-order valence-corrected chi connectivity index (χ1v) is 6.82. The van der Waals surface area contributed by atoms with Crippen LogP contribution in [0.4, 0.5) is 0 Å². The topological polar surface area (TPSA) is 48.0 Å². The third-order valence-corrected chi connectivity index (χ3v) is 3.46. The summed E-state index contributed by atoms with van der Waals surface area (Å²) in [6.45, 7) is 4.54. The molecular formula is C17H16N2O2. The van der Waals surface area contributed by atoms with Crippen LogP contribution in [0.25, 0.3) is 11.5 Å². The van der Waals surface area contributed by atoms with Crippen molar-refractivity contribution in [1.82, 2.24) is 9.78 Å². The van der Waals surface area contributed by atoms with E-state index in [2.05, 4.69) is 23.3 Å². The fourth-order valence-electron chi connectivity index (χ4n) is 2.25. The van der Waals surface area contributed by atoms with E-state index in [1.54, 1.807) is 18.4 Å². The van der Waals surface area contributed by atoms with Gasteiger partial charge in [-0.2, -0.15) is 5.10 Å². The molecule has 1 aromatic carbocycles. The monoisotopic (exact) mass is 280 g/mol. The first-order chi connectivity index (χ1) is 10.1. The van der Waals surface area contributed by atoms with Gasteiger partial charge in [0.1, 0.15) is 5.69 Å². The molecule has 0 aliphatic rings. The lowest BCUT2D eigenvalue weighted by atomic mass is 10.1. The SMILES string of the molecule is Cc1ccc(C)c(Cn2nc(-c3ccco3)ccc2=O)c1. The Morgan fingerprint density at radius 3 is 2.76 bits per heavy atom. The molecule has 3 rings (SSSR count). The van der Waals surface area contributed by atoms with Gasteiger partial charge in [0.25, 0.3) is 5.56 Å². The molecule has 0 saturated carbocycles. The lowest BCUT2D eigenvalue weighted by Crippen LogP contribution is -2.23. The Labute approximate surface area is 122 Å². The number of aryl methyl sites for hydroxylation is 2. The van der Waals surface area contributed by atoms with E-state index in [1.807, 2.05) is 19.9 Å². The van der Waals surface area contributed by atoms with E-state index in [4.69, 9.17) is 4.42 Å². The molecule has 4 nitrogen and oxygen atoms in total. The van der Waals surface area contributed by atoms with Crippen molar-refractivity contribution in [3.05, 3.63) is 75.8 Å². The van der Waals surface area contributed by atoms with E-state index in [-0.39, 0.29) is 5.56 Å². The first-order valence-electron chi connectivity index (χ1n) is 6.82. The van der Waals surface area contributed by atoms with Gasteiger partial charge in [0.2, 0.25) is 0 Å².